The van der Waals surface area contributed by atoms with Crippen LogP contribution in [-0.2, 0) is 0 Å². The third-order valence-corrected chi connectivity index (χ3v) is 4.66. The highest BCUT2D eigenvalue weighted by atomic mass is 15.2. The number of nitrogens with two attached hydrogens (primary N) is 1. The maximum atomic E-state index is 6.58. The average Bonchev–Trinajstić information content (AvgIpc) is 2.79. The minimum absolute atomic E-state index is 0.253. The molecule has 2 N–H and O–H groups in total. The molecule has 0 aromatic heterocycles. The topological polar surface area (TPSA) is 29.3 Å². The lowest BCUT2D eigenvalue weighted by molar-refractivity contribution is 0.134. The molecule has 1 saturated carbocycles. The second-order valence-corrected chi connectivity index (χ2v) is 5.71. The van der Waals surface area contributed by atoms with E-state index in [1.54, 1.807) is 0 Å². The fourth-order valence-electron chi connectivity index (χ4n) is 3.51. The van der Waals surface area contributed by atoms with Gasteiger partial charge in [0.15, 0.2) is 0 Å². The minimum atomic E-state index is 0.253. The fourth-order valence-corrected chi connectivity index (χ4v) is 3.51. The maximum Gasteiger partial charge on any atom is 0.0441 e. The maximum absolute atomic E-state index is 6.58. The summed E-state index contributed by atoms with van der Waals surface area (Å²) in [7, 11) is 4.41. The molecule has 0 aromatic carbocycles. The van der Waals surface area contributed by atoms with Crippen molar-refractivity contribution in [1.82, 2.24) is 4.90 Å². The van der Waals surface area contributed by atoms with Gasteiger partial charge in [0.05, 0.1) is 0 Å². The molecular weight excluding hydrogens is 196 g/mol. The molecule has 2 rings (SSSR count). The van der Waals surface area contributed by atoms with Crippen molar-refractivity contribution >= 4 is 0 Å². The van der Waals surface area contributed by atoms with E-state index in [9.17, 15) is 0 Å². The predicted octanol–water partition coefficient (Wildman–Crippen LogP) is 2.69. The van der Waals surface area contributed by atoms with Gasteiger partial charge >= 0.3 is 0 Å². The molecule has 0 aromatic rings. The van der Waals surface area contributed by atoms with Crippen molar-refractivity contribution < 1.29 is 0 Å². The van der Waals surface area contributed by atoms with E-state index < -0.39 is 0 Å². The van der Waals surface area contributed by atoms with Crippen molar-refractivity contribution in [3.05, 3.63) is 11.6 Å². The summed E-state index contributed by atoms with van der Waals surface area (Å²) in [6, 6.07) is 0.269. The quantitative estimate of drug-likeness (QED) is 0.744. The van der Waals surface area contributed by atoms with Crippen molar-refractivity contribution in [2.24, 2.45) is 5.73 Å². The van der Waals surface area contributed by atoms with Crippen LogP contribution in [0.15, 0.2) is 11.6 Å². The second-order valence-electron chi connectivity index (χ2n) is 5.71. The van der Waals surface area contributed by atoms with Crippen LogP contribution in [0.5, 0.6) is 0 Å². The number of hydrogen-bond acceptors (Lipinski definition) is 2. The van der Waals surface area contributed by atoms with Crippen LogP contribution in [0.25, 0.3) is 0 Å². The van der Waals surface area contributed by atoms with Crippen molar-refractivity contribution in [1.29, 1.82) is 0 Å². The minimum Gasteiger partial charge on any atom is -0.323 e. The highest BCUT2D eigenvalue weighted by Crippen LogP contribution is 2.39. The summed E-state index contributed by atoms with van der Waals surface area (Å²) in [4.78, 5) is 2.39. The van der Waals surface area contributed by atoms with Gasteiger partial charge < -0.3 is 10.6 Å². The standard InChI is InChI=1S/C14H26N2/c1-16(2)14(10-6-7-11-14)13(15)12-8-4-3-5-9-12/h8,13H,3-7,9-11,15H2,1-2H3. The molecule has 1 fully saturated rings. The Hall–Kier alpha value is -0.340. The SMILES string of the molecule is CN(C)C1(C(N)C2=CCCCC2)CCCC1. The molecule has 1 unspecified atom stereocenters. The third-order valence-electron chi connectivity index (χ3n) is 4.66. The molecule has 0 amide bonds. The van der Waals surface area contributed by atoms with Gasteiger partial charge in [-0.15, -0.1) is 0 Å². The molecular formula is C14H26N2. The Morgan fingerprint density at radius 2 is 1.88 bits per heavy atom. The van der Waals surface area contributed by atoms with Gasteiger partial charge in [0, 0.05) is 11.6 Å². The van der Waals surface area contributed by atoms with E-state index >= 15 is 0 Å². The zero-order valence-electron chi connectivity index (χ0n) is 10.8. The molecule has 0 heterocycles. The Balaban J connectivity index is 2.16. The lowest BCUT2D eigenvalue weighted by Gasteiger charge is -2.43. The second kappa shape index (κ2) is 4.89. The number of likely N-dealkylation sites (N-methyl/N-ethyl adjacent to an activating group) is 1. The van der Waals surface area contributed by atoms with E-state index in [2.05, 4.69) is 25.1 Å². The first-order valence-corrected chi connectivity index (χ1v) is 6.79. The van der Waals surface area contributed by atoms with Gasteiger partial charge in [0.25, 0.3) is 0 Å². The van der Waals surface area contributed by atoms with E-state index in [0.29, 0.717) is 0 Å². The van der Waals surface area contributed by atoms with E-state index in [4.69, 9.17) is 5.73 Å². The Morgan fingerprint density at radius 1 is 1.19 bits per heavy atom. The summed E-state index contributed by atoms with van der Waals surface area (Å²) < 4.78 is 0. The largest absolute Gasteiger partial charge is 0.323 e. The van der Waals surface area contributed by atoms with Crippen molar-refractivity contribution in [2.45, 2.75) is 62.9 Å². The molecule has 0 radical (unpaired) electrons. The van der Waals surface area contributed by atoms with Gasteiger partial charge in [-0.25, -0.2) is 0 Å². The smallest absolute Gasteiger partial charge is 0.0441 e. The molecule has 0 bridgehead atoms. The van der Waals surface area contributed by atoms with Crippen LogP contribution in [0.1, 0.15) is 51.4 Å². The Bertz CT molecular complexity index is 262. The molecule has 2 aliphatic rings. The van der Waals surface area contributed by atoms with E-state index in [1.165, 1.54) is 56.9 Å². The van der Waals surface area contributed by atoms with Crippen LogP contribution in [0, 0.1) is 0 Å². The first kappa shape index (κ1) is 12.1. The number of allylic oxidation sites excluding steroid dienone is 1. The molecule has 2 heteroatoms. The van der Waals surface area contributed by atoms with Crippen LogP contribution in [0.4, 0.5) is 0 Å². The van der Waals surface area contributed by atoms with Gasteiger partial charge in [-0.3, -0.25) is 0 Å². The molecule has 0 aliphatic heterocycles. The highest BCUT2D eigenvalue weighted by molar-refractivity contribution is 5.21. The van der Waals surface area contributed by atoms with Crippen LogP contribution in [-0.4, -0.2) is 30.6 Å². The zero-order valence-corrected chi connectivity index (χ0v) is 10.8. The van der Waals surface area contributed by atoms with Crippen molar-refractivity contribution in [2.75, 3.05) is 14.1 Å². The van der Waals surface area contributed by atoms with Crippen molar-refractivity contribution in [3.63, 3.8) is 0 Å². The normalized spacial score (nSPS) is 26.9. The molecule has 92 valence electrons. The van der Waals surface area contributed by atoms with E-state index in [-0.39, 0.29) is 11.6 Å². The lowest BCUT2D eigenvalue weighted by Crippen LogP contribution is -2.56. The van der Waals surface area contributed by atoms with Gasteiger partial charge in [-0.2, -0.15) is 0 Å². The monoisotopic (exact) mass is 222 g/mol. The third kappa shape index (κ3) is 2.05. The van der Waals surface area contributed by atoms with E-state index in [0.717, 1.165) is 0 Å². The summed E-state index contributed by atoms with van der Waals surface area (Å²) in [5.41, 5.74) is 8.36. The van der Waals surface area contributed by atoms with Gasteiger partial charge in [-0.1, -0.05) is 24.5 Å². The predicted molar refractivity (Wildman–Crippen MR) is 69.4 cm³/mol. The summed E-state index contributed by atoms with van der Waals surface area (Å²) in [5.74, 6) is 0. The van der Waals surface area contributed by atoms with Crippen LogP contribution >= 0.6 is 0 Å². The van der Waals surface area contributed by atoms with Gasteiger partial charge in [-0.05, 0) is 52.6 Å². The molecule has 2 nitrogen and oxygen atoms in total. The van der Waals surface area contributed by atoms with E-state index in [1.807, 2.05) is 0 Å². The number of hydrogen-bond donors (Lipinski definition) is 1. The Kier molecular flexibility index (Phi) is 3.70. The van der Waals surface area contributed by atoms with Crippen LogP contribution in [0.2, 0.25) is 0 Å². The van der Waals surface area contributed by atoms with Gasteiger partial charge in [0.1, 0.15) is 0 Å². The highest BCUT2D eigenvalue weighted by Gasteiger charge is 2.42. The summed E-state index contributed by atoms with van der Waals surface area (Å²) in [6.07, 6.45) is 12.8. The first-order valence-electron chi connectivity index (χ1n) is 6.79. The molecule has 0 spiro atoms. The summed E-state index contributed by atoms with van der Waals surface area (Å²) in [5, 5.41) is 0. The summed E-state index contributed by atoms with van der Waals surface area (Å²) in [6.45, 7) is 0. The van der Waals surface area contributed by atoms with Crippen LogP contribution in [0.3, 0.4) is 0 Å². The summed E-state index contributed by atoms with van der Waals surface area (Å²) >= 11 is 0. The van der Waals surface area contributed by atoms with Crippen molar-refractivity contribution in [3.8, 4) is 0 Å². The first-order chi connectivity index (χ1) is 7.67. The number of nitrogens with zero attached hydrogens (tertiary/aromatic N) is 1. The molecule has 1 atom stereocenters. The lowest BCUT2D eigenvalue weighted by atomic mass is 9.79. The Morgan fingerprint density at radius 3 is 2.38 bits per heavy atom. The van der Waals surface area contributed by atoms with Gasteiger partial charge in [0.2, 0.25) is 0 Å². The molecule has 2 aliphatic carbocycles. The van der Waals surface area contributed by atoms with Crippen LogP contribution < -0.4 is 5.73 Å². The fraction of sp³-hybridized carbons (Fsp3) is 0.857. The average molecular weight is 222 g/mol. The zero-order chi connectivity index (χ0) is 11.6. The Labute approximate surface area is 99.9 Å². The molecule has 16 heavy (non-hydrogen) atoms. The molecule has 0 saturated heterocycles. The number of rotatable bonds is 3.